The zero-order chi connectivity index (χ0) is 17.0. The van der Waals surface area contributed by atoms with Gasteiger partial charge in [-0.3, -0.25) is 0 Å². The molecule has 2 heterocycles. The quantitative estimate of drug-likeness (QED) is 0.861. The van der Waals surface area contributed by atoms with Crippen molar-refractivity contribution in [2.75, 3.05) is 18.2 Å². The Morgan fingerprint density at radius 1 is 1.48 bits per heavy atom. The number of fused-ring (bicyclic) bond motifs is 1. The third-order valence-electron chi connectivity index (χ3n) is 4.79. The van der Waals surface area contributed by atoms with Crippen LogP contribution in [0.25, 0.3) is 5.52 Å². The van der Waals surface area contributed by atoms with Gasteiger partial charge in [-0.25, -0.2) is 22.7 Å². The molecule has 0 radical (unpaired) electrons. The van der Waals surface area contributed by atoms with E-state index in [1.165, 1.54) is 23.2 Å². The van der Waals surface area contributed by atoms with Crippen LogP contribution in [0.2, 0.25) is 0 Å². The number of sulfone groups is 1. The number of carbonyl (C=O) groups is 1. The number of carboxylic acids is 1. The van der Waals surface area contributed by atoms with Crippen LogP contribution in [0.1, 0.15) is 30.3 Å². The lowest BCUT2D eigenvalue weighted by Gasteiger charge is -2.32. The maximum Gasteiger partial charge on any atom is 0.356 e. The SMILES string of the molecule is CC(N(C)c1ncc(C(=O)O)n2nccc12)C1(S(C)(=O)=O)CC1. The van der Waals surface area contributed by atoms with E-state index in [2.05, 4.69) is 10.1 Å². The Balaban J connectivity index is 2.06. The summed E-state index contributed by atoms with van der Waals surface area (Å²) in [6, 6.07) is 1.39. The molecule has 1 N–H and O–H groups in total. The normalized spacial score (nSPS) is 17.9. The van der Waals surface area contributed by atoms with E-state index < -0.39 is 20.6 Å². The van der Waals surface area contributed by atoms with E-state index in [4.69, 9.17) is 0 Å². The van der Waals surface area contributed by atoms with Crippen molar-refractivity contribution >= 4 is 27.1 Å². The first kappa shape index (κ1) is 15.7. The molecule has 8 nitrogen and oxygen atoms in total. The molecule has 1 atom stereocenters. The number of nitrogens with zero attached hydrogens (tertiary/aromatic N) is 4. The van der Waals surface area contributed by atoms with Crippen LogP contribution in [0.15, 0.2) is 18.5 Å². The number of anilines is 1. The maximum atomic E-state index is 12.1. The zero-order valence-electron chi connectivity index (χ0n) is 13.1. The number of aromatic nitrogens is 3. The molecule has 0 saturated heterocycles. The summed E-state index contributed by atoms with van der Waals surface area (Å²) in [5.74, 6) is -0.613. The van der Waals surface area contributed by atoms with Crippen LogP contribution in [-0.2, 0) is 9.84 Å². The number of rotatable bonds is 5. The Kier molecular flexibility index (Phi) is 3.36. The van der Waals surface area contributed by atoms with Crippen molar-refractivity contribution in [3.8, 4) is 0 Å². The van der Waals surface area contributed by atoms with E-state index in [1.54, 1.807) is 18.0 Å². The van der Waals surface area contributed by atoms with Gasteiger partial charge in [0.1, 0.15) is 5.52 Å². The maximum absolute atomic E-state index is 12.1. The molecule has 1 saturated carbocycles. The van der Waals surface area contributed by atoms with Crippen LogP contribution in [-0.4, -0.2) is 58.2 Å². The predicted molar refractivity (Wildman–Crippen MR) is 84.6 cm³/mol. The van der Waals surface area contributed by atoms with Crippen molar-refractivity contribution < 1.29 is 18.3 Å². The monoisotopic (exact) mass is 338 g/mol. The van der Waals surface area contributed by atoms with Gasteiger partial charge in [0, 0.05) is 19.3 Å². The fourth-order valence-electron chi connectivity index (χ4n) is 3.08. The molecule has 2 aromatic rings. The number of carboxylic acid groups (broad SMARTS) is 1. The van der Waals surface area contributed by atoms with Crippen LogP contribution in [0.3, 0.4) is 0 Å². The van der Waals surface area contributed by atoms with Crippen LogP contribution < -0.4 is 4.90 Å². The Bertz CT molecular complexity index is 885. The Hall–Kier alpha value is -2.16. The molecular formula is C14H18N4O4S. The molecule has 1 aliphatic rings. The summed E-state index contributed by atoms with van der Waals surface area (Å²) in [6.07, 6.45) is 5.25. The summed E-state index contributed by atoms with van der Waals surface area (Å²) in [5.41, 5.74) is 0.489. The van der Waals surface area contributed by atoms with Crippen molar-refractivity contribution in [2.24, 2.45) is 0 Å². The molecule has 1 fully saturated rings. The van der Waals surface area contributed by atoms with E-state index >= 15 is 0 Å². The van der Waals surface area contributed by atoms with Crippen LogP contribution >= 0.6 is 0 Å². The average molecular weight is 338 g/mol. The number of aromatic carboxylic acids is 1. The minimum atomic E-state index is -3.19. The van der Waals surface area contributed by atoms with Crippen LogP contribution in [0.5, 0.6) is 0 Å². The van der Waals surface area contributed by atoms with Gasteiger partial charge in [-0.05, 0) is 25.8 Å². The standard InChI is InChI=1S/C14H18N4O4S/c1-9(14(5-6-14)23(3,21)22)17(2)12-10-4-7-16-18(10)11(8-15-12)13(19)20/h4,7-9H,5-6H2,1-3H3,(H,19,20). The van der Waals surface area contributed by atoms with Crippen molar-refractivity contribution in [2.45, 2.75) is 30.6 Å². The molecule has 3 rings (SSSR count). The summed E-state index contributed by atoms with van der Waals surface area (Å²) >= 11 is 0. The molecule has 0 aromatic carbocycles. The van der Waals surface area contributed by atoms with Gasteiger partial charge in [0.05, 0.1) is 17.1 Å². The zero-order valence-corrected chi connectivity index (χ0v) is 13.9. The molecular weight excluding hydrogens is 320 g/mol. The molecule has 0 bridgehead atoms. The van der Waals surface area contributed by atoms with E-state index in [9.17, 15) is 18.3 Å². The van der Waals surface area contributed by atoms with Gasteiger partial charge in [-0.1, -0.05) is 0 Å². The van der Waals surface area contributed by atoms with Gasteiger partial charge in [-0.2, -0.15) is 5.10 Å². The minimum absolute atomic E-state index is 0.0425. The Morgan fingerprint density at radius 2 is 2.13 bits per heavy atom. The molecule has 1 unspecified atom stereocenters. The first-order chi connectivity index (χ1) is 10.7. The second kappa shape index (κ2) is 4.92. The summed E-state index contributed by atoms with van der Waals surface area (Å²) in [4.78, 5) is 17.3. The van der Waals surface area contributed by atoms with Gasteiger partial charge >= 0.3 is 5.97 Å². The third-order valence-corrected chi connectivity index (χ3v) is 7.01. The van der Waals surface area contributed by atoms with Crippen LogP contribution in [0, 0.1) is 0 Å². The number of hydrogen-bond donors (Lipinski definition) is 1. The van der Waals surface area contributed by atoms with E-state index in [0.29, 0.717) is 24.2 Å². The van der Waals surface area contributed by atoms with Gasteiger partial charge in [0.15, 0.2) is 21.3 Å². The first-order valence-corrected chi connectivity index (χ1v) is 9.06. The Morgan fingerprint density at radius 3 is 2.65 bits per heavy atom. The summed E-state index contributed by atoms with van der Waals surface area (Å²) in [7, 11) is -1.42. The van der Waals surface area contributed by atoms with E-state index in [1.807, 2.05) is 6.92 Å². The number of hydrogen-bond acceptors (Lipinski definition) is 6. The minimum Gasteiger partial charge on any atom is -0.476 e. The fourth-order valence-corrected chi connectivity index (χ4v) is 4.70. The highest BCUT2D eigenvalue weighted by Gasteiger charge is 2.57. The summed E-state index contributed by atoms with van der Waals surface area (Å²) in [6.45, 7) is 1.85. The molecule has 0 amide bonds. The van der Waals surface area contributed by atoms with Gasteiger partial charge in [0.2, 0.25) is 0 Å². The molecule has 2 aromatic heterocycles. The lowest BCUT2D eigenvalue weighted by molar-refractivity contribution is 0.0687. The molecule has 0 spiro atoms. The van der Waals surface area contributed by atoms with Crippen molar-refractivity contribution in [1.82, 2.24) is 14.6 Å². The van der Waals surface area contributed by atoms with E-state index in [-0.39, 0.29) is 11.7 Å². The molecule has 23 heavy (non-hydrogen) atoms. The second-order valence-corrected chi connectivity index (χ2v) is 8.38. The topological polar surface area (TPSA) is 105 Å². The van der Waals surface area contributed by atoms with Gasteiger partial charge < -0.3 is 10.0 Å². The molecule has 0 aliphatic heterocycles. The third kappa shape index (κ3) is 2.26. The summed E-state index contributed by atoms with van der Waals surface area (Å²) in [5, 5.41) is 13.2. The Labute approximate surface area is 133 Å². The molecule has 9 heteroatoms. The molecule has 124 valence electrons. The lowest BCUT2D eigenvalue weighted by Crippen LogP contribution is -2.45. The van der Waals surface area contributed by atoms with Crippen molar-refractivity contribution in [3.63, 3.8) is 0 Å². The highest BCUT2D eigenvalue weighted by atomic mass is 32.2. The van der Waals surface area contributed by atoms with Crippen LogP contribution in [0.4, 0.5) is 5.82 Å². The smallest absolute Gasteiger partial charge is 0.356 e. The highest BCUT2D eigenvalue weighted by molar-refractivity contribution is 7.92. The summed E-state index contributed by atoms with van der Waals surface area (Å²) < 4.78 is 24.8. The first-order valence-electron chi connectivity index (χ1n) is 7.17. The van der Waals surface area contributed by atoms with Crippen molar-refractivity contribution in [3.05, 3.63) is 24.2 Å². The predicted octanol–water partition coefficient (Wildman–Crippen LogP) is 0.829. The highest BCUT2D eigenvalue weighted by Crippen LogP contribution is 2.48. The lowest BCUT2D eigenvalue weighted by atomic mass is 10.2. The van der Waals surface area contributed by atoms with E-state index in [0.717, 1.165) is 0 Å². The van der Waals surface area contributed by atoms with Crippen molar-refractivity contribution in [1.29, 1.82) is 0 Å². The van der Waals surface area contributed by atoms with Gasteiger partial charge in [-0.15, -0.1) is 0 Å². The average Bonchev–Trinajstić information content (AvgIpc) is 3.16. The molecule has 1 aliphatic carbocycles. The second-order valence-electron chi connectivity index (χ2n) is 6.02. The fraction of sp³-hybridized carbons (Fsp3) is 0.500. The van der Waals surface area contributed by atoms with Gasteiger partial charge in [0.25, 0.3) is 0 Å². The largest absolute Gasteiger partial charge is 0.476 e.